The lowest BCUT2D eigenvalue weighted by Crippen LogP contribution is -2.05. The third-order valence-corrected chi connectivity index (χ3v) is 2.33. The Morgan fingerprint density at radius 1 is 1.39 bits per heavy atom. The predicted octanol–water partition coefficient (Wildman–Crippen LogP) is 2.71. The number of esters is 1. The second-order valence-electron chi connectivity index (χ2n) is 3.29. The van der Waals surface area contributed by atoms with Crippen LogP contribution < -0.4 is 4.74 Å². The van der Waals surface area contributed by atoms with Gasteiger partial charge >= 0.3 is 5.97 Å². The molecule has 0 amide bonds. The molecule has 1 aromatic heterocycles. The largest absolute Gasteiger partial charge is 0.465 e. The van der Waals surface area contributed by atoms with Crippen molar-refractivity contribution in [3.63, 3.8) is 0 Å². The van der Waals surface area contributed by atoms with E-state index in [1.165, 1.54) is 19.6 Å². The van der Waals surface area contributed by atoms with Gasteiger partial charge in [-0.05, 0) is 18.2 Å². The van der Waals surface area contributed by atoms with E-state index >= 15 is 0 Å². The van der Waals surface area contributed by atoms with Crippen LogP contribution in [0.2, 0.25) is 5.02 Å². The van der Waals surface area contributed by atoms with Gasteiger partial charge in [0.25, 0.3) is 0 Å². The Hall–Kier alpha value is -2.14. The minimum Gasteiger partial charge on any atom is -0.465 e. The first-order valence-corrected chi connectivity index (χ1v) is 5.40. The van der Waals surface area contributed by atoms with Gasteiger partial charge in [-0.3, -0.25) is 0 Å². The standard InChI is InChI=1S/C12H9ClN2O3/c1-17-12(16)10-6-14-7-15-11(10)18-9-4-2-3-8(13)5-9/h2-7H,1H3. The minimum atomic E-state index is -0.562. The molecule has 92 valence electrons. The topological polar surface area (TPSA) is 61.3 Å². The summed E-state index contributed by atoms with van der Waals surface area (Å²) < 4.78 is 10.1. The molecule has 5 nitrogen and oxygen atoms in total. The summed E-state index contributed by atoms with van der Waals surface area (Å²) in [6.07, 6.45) is 2.62. The maximum atomic E-state index is 11.5. The Bertz CT molecular complexity index is 575. The number of nitrogens with zero attached hydrogens (tertiary/aromatic N) is 2. The van der Waals surface area contributed by atoms with E-state index in [0.29, 0.717) is 10.8 Å². The van der Waals surface area contributed by atoms with E-state index in [0.717, 1.165) is 0 Å². The summed E-state index contributed by atoms with van der Waals surface area (Å²) in [4.78, 5) is 19.1. The molecule has 0 fully saturated rings. The van der Waals surface area contributed by atoms with Gasteiger partial charge in [-0.2, -0.15) is 0 Å². The van der Waals surface area contributed by atoms with Gasteiger partial charge in [0.1, 0.15) is 17.6 Å². The lowest BCUT2D eigenvalue weighted by Gasteiger charge is -2.07. The number of halogens is 1. The van der Waals surface area contributed by atoms with Crippen molar-refractivity contribution < 1.29 is 14.3 Å². The van der Waals surface area contributed by atoms with Crippen LogP contribution in [0, 0.1) is 0 Å². The highest BCUT2D eigenvalue weighted by Crippen LogP contribution is 2.24. The number of hydrogen-bond donors (Lipinski definition) is 0. The van der Waals surface area contributed by atoms with Crippen LogP contribution in [-0.4, -0.2) is 23.0 Å². The van der Waals surface area contributed by atoms with Gasteiger partial charge in [0.15, 0.2) is 0 Å². The van der Waals surface area contributed by atoms with Crippen LogP contribution in [0.15, 0.2) is 36.8 Å². The average Bonchev–Trinajstić information content (AvgIpc) is 2.38. The number of benzene rings is 1. The molecule has 1 aromatic carbocycles. The van der Waals surface area contributed by atoms with Gasteiger partial charge in [-0.25, -0.2) is 14.8 Å². The SMILES string of the molecule is COC(=O)c1cncnc1Oc1cccc(Cl)c1. The zero-order valence-corrected chi connectivity index (χ0v) is 10.2. The highest BCUT2D eigenvalue weighted by molar-refractivity contribution is 6.30. The summed E-state index contributed by atoms with van der Waals surface area (Å²) in [5, 5.41) is 0.529. The summed E-state index contributed by atoms with van der Waals surface area (Å²) in [5.41, 5.74) is 0.153. The average molecular weight is 265 g/mol. The van der Waals surface area contributed by atoms with E-state index in [2.05, 4.69) is 14.7 Å². The monoisotopic (exact) mass is 264 g/mol. The zero-order chi connectivity index (χ0) is 13.0. The molecule has 0 spiro atoms. The molecule has 0 saturated carbocycles. The summed E-state index contributed by atoms with van der Waals surface area (Å²) in [5.74, 6) is 0.0399. The first-order chi connectivity index (χ1) is 8.70. The van der Waals surface area contributed by atoms with E-state index < -0.39 is 5.97 Å². The molecule has 18 heavy (non-hydrogen) atoms. The molecular weight excluding hydrogens is 256 g/mol. The Morgan fingerprint density at radius 3 is 2.94 bits per heavy atom. The molecule has 0 aliphatic rings. The normalized spacial score (nSPS) is 9.89. The van der Waals surface area contributed by atoms with Crippen LogP contribution in [0.25, 0.3) is 0 Å². The lowest BCUT2D eigenvalue weighted by molar-refractivity contribution is 0.0596. The van der Waals surface area contributed by atoms with Gasteiger partial charge < -0.3 is 9.47 Å². The van der Waals surface area contributed by atoms with Crippen molar-refractivity contribution in [2.45, 2.75) is 0 Å². The molecule has 2 rings (SSSR count). The van der Waals surface area contributed by atoms with Gasteiger partial charge in [0.05, 0.1) is 7.11 Å². The number of hydrogen-bond acceptors (Lipinski definition) is 5. The number of aromatic nitrogens is 2. The fourth-order valence-corrected chi connectivity index (χ4v) is 1.47. The Morgan fingerprint density at radius 2 is 2.22 bits per heavy atom. The fraction of sp³-hybridized carbons (Fsp3) is 0.0833. The van der Waals surface area contributed by atoms with Crippen LogP contribution in [0.5, 0.6) is 11.6 Å². The lowest BCUT2D eigenvalue weighted by atomic mass is 10.3. The van der Waals surface area contributed by atoms with Crippen molar-refractivity contribution in [1.29, 1.82) is 0 Å². The minimum absolute atomic E-state index is 0.124. The van der Waals surface area contributed by atoms with Crippen LogP contribution in [0.3, 0.4) is 0 Å². The molecule has 0 saturated heterocycles. The van der Waals surface area contributed by atoms with Crippen molar-refractivity contribution >= 4 is 17.6 Å². The van der Waals surface area contributed by atoms with Crippen LogP contribution >= 0.6 is 11.6 Å². The summed E-state index contributed by atoms with van der Waals surface area (Å²) in [7, 11) is 1.28. The smallest absolute Gasteiger partial charge is 0.345 e. The Labute approximate surface area is 108 Å². The fourth-order valence-electron chi connectivity index (χ4n) is 1.29. The van der Waals surface area contributed by atoms with Crippen molar-refractivity contribution in [2.75, 3.05) is 7.11 Å². The second-order valence-corrected chi connectivity index (χ2v) is 3.73. The highest BCUT2D eigenvalue weighted by atomic mass is 35.5. The maximum Gasteiger partial charge on any atom is 0.345 e. The summed E-state index contributed by atoms with van der Waals surface area (Å²) in [6.45, 7) is 0. The second kappa shape index (κ2) is 5.46. The molecule has 0 aliphatic carbocycles. The molecule has 0 bridgehead atoms. The zero-order valence-electron chi connectivity index (χ0n) is 9.46. The Balaban J connectivity index is 2.32. The first kappa shape index (κ1) is 12.3. The number of carbonyl (C=O) groups is 1. The quantitative estimate of drug-likeness (QED) is 0.798. The molecular formula is C12H9ClN2O3. The number of carbonyl (C=O) groups excluding carboxylic acids is 1. The number of ether oxygens (including phenoxy) is 2. The van der Waals surface area contributed by atoms with Crippen LogP contribution in [0.4, 0.5) is 0 Å². The maximum absolute atomic E-state index is 11.5. The van der Waals surface area contributed by atoms with E-state index in [1.54, 1.807) is 24.3 Å². The molecule has 2 aromatic rings. The predicted molar refractivity (Wildman–Crippen MR) is 64.9 cm³/mol. The molecule has 0 unspecified atom stereocenters. The van der Waals surface area contributed by atoms with Gasteiger partial charge in [-0.1, -0.05) is 17.7 Å². The van der Waals surface area contributed by atoms with Crippen molar-refractivity contribution in [2.24, 2.45) is 0 Å². The third kappa shape index (κ3) is 2.75. The van der Waals surface area contributed by atoms with Crippen molar-refractivity contribution in [3.05, 3.63) is 47.4 Å². The Kier molecular flexibility index (Phi) is 3.74. The molecule has 0 atom stereocenters. The van der Waals surface area contributed by atoms with Gasteiger partial charge in [0, 0.05) is 11.2 Å². The summed E-state index contributed by atoms with van der Waals surface area (Å²) >= 11 is 5.84. The van der Waals surface area contributed by atoms with Gasteiger partial charge in [0.2, 0.25) is 5.88 Å². The summed E-state index contributed by atoms with van der Waals surface area (Å²) in [6, 6.07) is 6.77. The van der Waals surface area contributed by atoms with Gasteiger partial charge in [-0.15, -0.1) is 0 Å². The molecule has 1 heterocycles. The van der Waals surface area contributed by atoms with Crippen molar-refractivity contribution in [3.8, 4) is 11.6 Å². The van der Waals surface area contributed by atoms with Crippen LogP contribution in [-0.2, 0) is 4.74 Å². The molecule has 0 radical (unpaired) electrons. The highest BCUT2D eigenvalue weighted by Gasteiger charge is 2.15. The molecule has 0 N–H and O–H groups in total. The molecule has 0 aliphatic heterocycles. The van der Waals surface area contributed by atoms with Crippen molar-refractivity contribution in [1.82, 2.24) is 9.97 Å². The third-order valence-electron chi connectivity index (χ3n) is 2.09. The van der Waals surface area contributed by atoms with E-state index in [4.69, 9.17) is 16.3 Å². The molecule has 6 heteroatoms. The van der Waals surface area contributed by atoms with Crippen LogP contribution in [0.1, 0.15) is 10.4 Å². The van der Waals surface area contributed by atoms with E-state index in [1.807, 2.05) is 0 Å². The first-order valence-electron chi connectivity index (χ1n) is 5.02. The van der Waals surface area contributed by atoms with E-state index in [-0.39, 0.29) is 11.4 Å². The number of methoxy groups -OCH3 is 1. The van der Waals surface area contributed by atoms with E-state index in [9.17, 15) is 4.79 Å². The number of rotatable bonds is 3.